The maximum absolute atomic E-state index is 12.2. The topological polar surface area (TPSA) is 46.2 Å². The summed E-state index contributed by atoms with van der Waals surface area (Å²) < 4.78 is 12.2. The molecule has 0 unspecified atom stereocenters. The lowest BCUT2D eigenvalue weighted by atomic mass is 9.96. The van der Waals surface area contributed by atoms with E-state index in [1.807, 2.05) is 49.4 Å². The third kappa shape index (κ3) is 4.12. The number of amides is 1. The summed E-state index contributed by atoms with van der Waals surface area (Å²) >= 11 is 0. The van der Waals surface area contributed by atoms with Gasteiger partial charge in [0.1, 0.15) is 5.75 Å². The lowest BCUT2D eigenvalue weighted by molar-refractivity contribution is -0.118. The number of hydrogen-bond donors (Lipinski definition) is 1. The van der Waals surface area contributed by atoms with Gasteiger partial charge in [0.25, 0.3) is 0 Å². The van der Waals surface area contributed by atoms with E-state index < -0.39 is 10.8 Å². The summed E-state index contributed by atoms with van der Waals surface area (Å²) in [5.41, 5.74) is 3.54. The maximum atomic E-state index is 12.2. The van der Waals surface area contributed by atoms with Crippen LogP contribution < -0.4 is 5.32 Å². The average molecular weight is 341 g/mol. The Morgan fingerprint density at radius 3 is 2.42 bits per heavy atom. The van der Waals surface area contributed by atoms with Gasteiger partial charge in [0.15, 0.2) is 0 Å². The number of nitrogens with one attached hydrogen (secondary N) is 1. The van der Waals surface area contributed by atoms with E-state index in [1.54, 1.807) is 0 Å². The molecule has 1 atom stereocenters. The zero-order valence-electron chi connectivity index (χ0n) is 14.0. The van der Waals surface area contributed by atoms with Crippen LogP contribution in [0.3, 0.4) is 0 Å². The molecule has 0 heterocycles. The van der Waals surface area contributed by atoms with Gasteiger partial charge in [-0.15, -0.1) is 0 Å². The number of benzene rings is 2. The molecule has 0 spiro atoms. The molecular weight excluding hydrogens is 318 g/mol. The monoisotopic (exact) mass is 341 g/mol. The Balaban J connectivity index is 1.50. The Labute approximate surface area is 145 Å². The summed E-state index contributed by atoms with van der Waals surface area (Å²) in [5, 5.41) is 2.98. The van der Waals surface area contributed by atoms with Gasteiger partial charge in [0.2, 0.25) is 5.91 Å². The molecule has 2 aromatic carbocycles. The summed E-state index contributed by atoms with van der Waals surface area (Å²) in [6.07, 6.45) is 2.20. The number of carbonyl (C=O) groups excluding carboxylic acids is 1. The van der Waals surface area contributed by atoms with E-state index in [4.69, 9.17) is 0 Å². The molecular formula is C20H23NO2S. The summed E-state index contributed by atoms with van der Waals surface area (Å²) in [7, 11) is -1.18. The van der Waals surface area contributed by atoms with Gasteiger partial charge in [-0.05, 0) is 36.5 Å². The fraction of sp³-hybridized carbons (Fsp3) is 0.350. The third-order valence-electron chi connectivity index (χ3n) is 4.73. The van der Waals surface area contributed by atoms with E-state index in [1.165, 1.54) is 5.56 Å². The minimum Gasteiger partial charge on any atom is -0.354 e. The van der Waals surface area contributed by atoms with Gasteiger partial charge < -0.3 is 5.32 Å². The van der Waals surface area contributed by atoms with Gasteiger partial charge in [-0.1, -0.05) is 54.6 Å². The van der Waals surface area contributed by atoms with E-state index in [9.17, 15) is 9.00 Å². The Bertz CT molecular complexity index is 738. The van der Waals surface area contributed by atoms with Crippen molar-refractivity contribution in [1.29, 1.82) is 0 Å². The van der Waals surface area contributed by atoms with Gasteiger partial charge in [-0.3, -0.25) is 9.00 Å². The summed E-state index contributed by atoms with van der Waals surface area (Å²) in [6, 6.07) is 18.2. The van der Waals surface area contributed by atoms with Crippen molar-refractivity contribution in [2.75, 3.05) is 12.3 Å². The highest BCUT2D eigenvalue weighted by molar-refractivity contribution is 7.84. The molecule has 4 heteroatoms. The number of rotatable bonds is 7. The quantitative estimate of drug-likeness (QED) is 0.841. The zero-order chi connectivity index (χ0) is 17.0. The molecule has 1 N–H and O–H groups in total. The molecule has 2 aromatic rings. The van der Waals surface area contributed by atoms with Gasteiger partial charge in [-0.2, -0.15) is 0 Å². The largest absolute Gasteiger partial charge is 0.354 e. The summed E-state index contributed by atoms with van der Waals surface area (Å²) in [6.45, 7) is 2.64. The van der Waals surface area contributed by atoms with Crippen molar-refractivity contribution < 1.29 is 9.00 Å². The molecule has 1 fully saturated rings. The van der Waals surface area contributed by atoms with Crippen LogP contribution in [0, 0.1) is 6.92 Å². The van der Waals surface area contributed by atoms with Gasteiger partial charge in [-0.25, -0.2) is 0 Å². The van der Waals surface area contributed by atoms with E-state index in [0.29, 0.717) is 12.3 Å². The zero-order valence-corrected chi connectivity index (χ0v) is 14.8. The third-order valence-corrected chi connectivity index (χ3v) is 5.95. The smallest absolute Gasteiger partial charge is 0.232 e. The second-order valence-electron chi connectivity index (χ2n) is 6.58. The lowest BCUT2D eigenvalue weighted by Crippen LogP contribution is -2.35. The van der Waals surface area contributed by atoms with Crippen LogP contribution in [-0.4, -0.2) is 22.4 Å². The van der Waals surface area contributed by atoms with Gasteiger partial charge in [0, 0.05) is 28.5 Å². The number of hydrogen-bond acceptors (Lipinski definition) is 2. The van der Waals surface area contributed by atoms with E-state index in [-0.39, 0.29) is 17.1 Å². The molecule has 0 aromatic heterocycles. The molecule has 0 saturated heterocycles. The van der Waals surface area contributed by atoms with Crippen LogP contribution in [0.5, 0.6) is 0 Å². The van der Waals surface area contributed by atoms with E-state index in [0.717, 1.165) is 24.0 Å². The molecule has 0 aliphatic heterocycles. The lowest BCUT2D eigenvalue weighted by Gasteiger charge is -2.16. The van der Waals surface area contributed by atoms with Gasteiger partial charge >= 0.3 is 0 Å². The highest BCUT2D eigenvalue weighted by atomic mass is 32.2. The summed E-state index contributed by atoms with van der Waals surface area (Å²) in [4.78, 5) is 12.1. The van der Waals surface area contributed by atoms with Crippen LogP contribution in [0.2, 0.25) is 0 Å². The van der Waals surface area contributed by atoms with Crippen molar-refractivity contribution in [3.8, 4) is 0 Å². The fourth-order valence-electron chi connectivity index (χ4n) is 2.97. The average Bonchev–Trinajstić information content (AvgIpc) is 3.37. The predicted octanol–water partition coefficient (Wildman–Crippen LogP) is 3.09. The van der Waals surface area contributed by atoms with Crippen molar-refractivity contribution in [1.82, 2.24) is 5.32 Å². The van der Waals surface area contributed by atoms with Crippen LogP contribution in [0.1, 0.15) is 29.5 Å². The maximum Gasteiger partial charge on any atom is 0.232 e. The number of carbonyl (C=O) groups is 1. The van der Waals surface area contributed by atoms with Crippen LogP contribution in [0.25, 0.3) is 0 Å². The Morgan fingerprint density at radius 2 is 1.75 bits per heavy atom. The fourth-order valence-corrected chi connectivity index (χ4v) is 4.14. The SMILES string of the molecule is Cc1ccccc1C[S@](=O)CC(=O)NCC1(c2ccccc2)CC1. The first kappa shape index (κ1) is 16.9. The van der Waals surface area contributed by atoms with Crippen LogP contribution in [0.15, 0.2) is 54.6 Å². The standard InChI is InChI=1S/C20H23NO2S/c1-16-7-5-6-8-17(16)13-24(23)14-19(22)21-15-20(11-12-20)18-9-3-2-4-10-18/h2-10H,11-15H2,1H3,(H,21,22)/t24-/m0/s1. The minimum absolute atomic E-state index is 0.0687. The van der Waals surface area contributed by atoms with Crippen molar-refractivity contribution in [3.63, 3.8) is 0 Å². The Morgan fingerprint density at radius 1 is 1.08 bits per heavy atom. The molecule has 24 heavy (non-hydrogen) atoms. The highest BCUT2D eigenvalue weighted by Gasteiger charge is 2.44. The van der Waals surface area contributed by atoms with Crippen LogP contribution >= 0.6 is 0 Å². The molecule has 0 bridgehead atoms. The normalized spacial score (nSPS) is 16.4. The molecule has 1 aliphatic carbocycles. The van der Waals surface area contributed by atoms with Gasteiger partial charge in [0.05, 0.1) is 0 Å². The second-order valence-corrected chi connectivity index (χ2v) is 8.04. The molecule has 3 nitrogen and oxygen atoms in total. The molecule has 1 saturated carbocycles. The van der Waals surface area contributed by atoms with E-state index in [2.05, 4.69) is 17.4 Å². The van der Waals surface area contributed by atoms with Crippen molar-refractivity contribution >= 4 is 16.7 Å². The van der Waals surface area contributed by atoms with Crippen LogP contribution in [0.4, 0.5) is 0 Å². The molecule has 1 amide bonds. The molecule has 3 rings (SSSR count). The highest BCUT2D eigenvalue weighted by Crippen LogP contribution is 2.47. The first-order valence-electron chi connectivity index (χ1n) is 8.31. The Hall–Kier alpha value is -1.94. The van der Waals surface area contributed by atoms with Crippen molar-refractivity contribution in [2.45, 2.75) is 30.9 Å². The first-order chi connectivity index (χ1) is 11.6. The summed E-state index contributed by atoms with van der Waals surface area (Å²) in [5.74, 6) is 0.382. The Kier molecular flexibility index (Phi) is 5.14. The molecule has 126 valence electrons. The first-order valence-corrected chi connectivity index (χ1v) is 9.80. The van der Waals surface area contributed by atoms with E-state index >= 15 is 0 Å². The molecule has 0 radical (unpaired) electrons. The minimum atomic E-state index is -1.18. The molecule has 1 aliphatic rings. The number of aryl methyl sites for hydroxylation is 1. The second kappa shape index (κ2) is 7.31. The van der Waals surface area contributed by atoms with Crippen molar-refractivity contribution in [3.05, 3.63) is 71.3 Å². The van der Waals surface area contributed by atoms with Crippen molar-refractivity contribution in [2.24, 2.45) is 0 Å². The predicted molar refractivity (Wildman–Crippen MR) is 98.3 cm³/mol. The van der Waals surface area contributed by atoms with Crippen LogP contribution in [-0.2, 0) is 26.8 Å².